The fourth-order valence-corrected chi connectivity index (χ4v) is 2.77. The number of nitrogens with zero attached hydrogens (tertiary/aromatic N) is 1. The Balaban J connectivity index is 2.16. The number of fused-ring (bicyclic) bond motifs is 1. The first-order valence-electron chi connectivity index (χ1n) is 7.44. The first-order chi connectivity index (χ1) is 11.5. The van der Waals surface area contributed by atoms with E-state index in [4.69, 9.17) is 5.73 Å². The number of rotatable bonds is 5. The second-order valence-corrected chi connectivity index (χ2v) is 5.66. The highest BCUT2D eigenvalue weighted by molar-refractivity contribution is 5.95. The molecule has 24 heavy (non-hydrogen) atoms. The maximum absolute atomic E-state index is 11.6. The maximum atomic E-state index is 11.6. The standard InChI is InChI=1S/C18H17N3O3/c1-11(22)15(19)7-14-10-20-16-8-13(12-5-3-2-4-6-12)9-17(18(14)16)21(23)24/h2-6,8-10,15,20,22H,1,7,19H2. The van der Waals surface area contributed by atoms with E-state index in [1.54, 1.807) is 12.3 Å². The minimum atomic E-state index is -0.669. The second kappa shape index (κ2) is 6.17. The van der Waals surface area contributed by atoms with Crippen LogP contribution in [0.5, 0.6) is 0 Å². The summed E-state index contributed by atoms with van der Waals surface area (Å²) < 4.78 is 0. The molecule has 0 saturated carbocycles. The molecular weight excluding hydrogens is 306 g/mol. The van der Waals surface area contributed by atoms with Gasteiger partial charge in [-0.1, -0.05) is 36.9 Å². The Morgan fingerprint density at radius 2 is 2.00 bits per heavy atom. The summed E-state index contributed by atoms with van der Waals surface area (Å²) in [4.78, 5) is 14.2. The number of nitro benzene ring substituents is 1. The fraction of sp³-hybridized carbons (Fsp3) is 0.111. The van der Waals surface area contributed by atoms with Crippen molar-refractivity contribution in [1.29, 1.82) is 0 Å². The van der Waals surface area contributed by atoms with Crippen LogP contribution in [-0.2, 0) is 6.42 Å². The lowest BCUT2D eigenvalue weighted by molar-refractivity contribution is -0.383. The molecule has 0 fully saturated rings. The Labute approximate surface area is 138 Å². The van der Waals surface area contributed by atoms with E-state index in [1.807, 2.05) is 36.4 Å². The summed E-state index contributed by atoms with van der Waals surface area (Å²) in [6.07, 6.45) is 1.95. The Morgan fingerprint density at radius 3 is 2.62 bits per heavy atom. The molecule has 0 radical (unpaired) electrons. The number of aromatic nitrogens is 1. The summed E-state index contributed by atoms with van der Waals surface area (Å²) in [7, 11) is 0. The lowest BCUT2D eigenvalue weighted by atomic mass is 9.99. The van der Waals surface area contributed by atoms with Crippen LogP contribution in [0.2, 0.25) is 0 Å². The molecule has 0 spiro atoms. The minimum Gasteiger partial charge on any atom is -0.511 e. The first-order valence-corrected chi connectivity index (χ1v) is 7.44. The van der Waals surface area contributed by atoms with E-state index >= 15 is 0 Å². The summed E-state index contributed by atoms with van der Waals surface area (Å²) in [5, 5.41) is 21.5. The number of hydrogen-bond acceptors (Lipinski definition) is 4. The van der Waals surface area contributed by atoms with Gasteiger partial charge in [-0.05, 0) is 29.2 Å². The number of H-pyrrole nitrogens is 1. The van der Waals surface area contributed by atoms with Crippen molar-refractivity contribution in [3.05, 3.63) is 76.7 Å². The normalized spacial score (nSPS) is 12.2. The third-order valence-corrected chi connectivity index (χ3v) is 4.01. The molecule has 0 aliphatic carbocycles. The lowest BCUT2D eigenvalue weighted by Gasteiger charge is -2.09. The van der Waals surface area contributed by atoms with Crippen molar-refractivity contribution in [3.63, 3.8) is 0 Å². The van der Waals surface area contributed by atoms with Gasteiger partial charge < -0.3 is 15.8 Å². The predicted octanol–water partition coefficient (Wildman–Crippen LogP) is 3.68. The minimum absolute atomic E-state index is 0.0124. The molecule has 1 unspecified atom stereocenters. The van der Waals surface area contributed by atoms with Crippen molar-refractivity contribution in [2.75, 3.05) is 0 Å². The third-order valence-electron chi connectivity index (χ3n) is 4.01. The monoisotopic (exact) mass is 323 g/mol. The summed E-state index contributed by atoms with van der Waals surface area (Å²) in [5.41, 5.74) is 8.83. The van der Waals surface area contributed by atoms with Gasteiger partial charge in [0.15, 0.2) is 0 Å². The molecule has 0 bridgehead atoms. The highest BCUT2D eigenvalue weighted by Gasteiger charge is 2.21. The number of hydrogen-bond donors (Lipinski definition) is 3. The maximum Gasteiger partial charge on any atom is 0.279 e. The number of aromatic amines is 1. The van der Waals surface area contributed by atoms with Gasteiger partial charge >= 0.3 is 0 Å². The van der Waals surface area contributed by atoms with Crippen LogP contribution in [0, 0.1) is 10.1 Å². The highest BCUT2D eigenvalue weighted by atomic mass is 16.6. The van der Waals surface area contributed by atoms with Gasteiger partial charge in [0.1, 0.15) is 5.76 Å². The molecule has 6 heteroatoms. The molecule has 4 N–H and O–H groups in total. The van der Waals surface area contributed by atoms with Gasteiger partial charge in [0.2, 0.25) is 0 Å². The van der Waals surface area contributed by atoms with Crippen molar-refractivity contribution < 1.29 is 10.0 Å². The zero-order valence-electron chi connectivity index (χ0n) is 12.9. The number of non-ortho nitro benzene ring substituents is 1. The Bertz CT molecular complexity index is 916. The van der Waals surface area contributed by atoms with Gasteiger partial charge in [-0.2, -0.15) is 0 Å². The van der Waals surface area contributed by atoms with Crippen molar-refractivity contribution >= 4 is 16.6 Å². The smallest absolute Gasteiger partial charge is 0.279 e. The highest BCUT2D eigenvalue weighted by Crippen LogP contribution is 2.34. The number of benzene rings is 2. The van der Waals surface area contributed by atoms with Gasteiger partial charge in [-0.15, -0.1) is 0 Å². The van der Waals surface area contributed by atoms with Crippen LogP contribution in [0.15, 0.2) is 61.0 Å². The number of nitrogens with two attached hydrogens (primary N) is 1. The van der Waals surface area contributed by atoms with Crippen LogP contribution in [0.1, 0.15) is 5.56 Å². The average Bonchev–Trinajstić information content (AvgIpc) is 2.97. The van der Waals surface area contributed by atoms with Gasteiger partial charge in [-0.3, -0.25) is 10.1 Å². The summed E-state index contributed by atoms with van der Waals surface area (Å²) in [5.74, 6) is -0.145. The van der Waals surface area contributed by atoms with Crippen molar-refractivity contribution in [2.24, 2.45) is 5.73 Å². The molecule has 0 aliphatic rings. The molecule has 122 valence electrons. The summed E-state index contributed by atoms with van der Waals surface area (Å²) in [6.45, 7) is 3.41. The van der Waals surface area contributed by atoms with Crippen LogP contribution in [0.3, 0.4) is 0 Å². The molecule has 1 atom stereocenters. The zero-order valence-corrected chi connectivity index (χ0v) is 12.9. The number of aliphatic hydroxyl groups is 1. The van der Waals surface area contributed by atoms with Gasteiger partial charge in [0, 0.05) is 12.3 Å². The number of aliphatic hydroxyl groups excluding tert-OH is 1. The van der Waals surface area contributed by atoms with E-state index < -0.39 is 11.0 Å². The van der Waals surface area contributed by atoms with Gasteiger partial charge in [0.05, 0.1) is 21.9 Å². The van der Waals surface area contributed by atoms with E-state index in [0.717, 1.165) is 11.1 Å². The van der Waals surface area contributed by atoms with Crippen LogP contribution >= 0.6 is 0 Å². The second-order valence-electron chi connectivity index (χ2n) is 5.66. The van der Waals surface area contributed by atoms with E-state index in [2.05, 4.69) is 11.6 Å². The quantitative estimate of drug-likeness (QED) is 0.378. The first kappa shape index (κ1) is 15.8. The molecule has 0 saturated heterocycles. The van der Waals surface area contributed by atoms with E-state index in [0.29, 0.717) is 16.5 Å². The van der Waals surface area contributed by atoms with Crippen LogP contribution in [-0.4, -0.2) is 21.1 Å². The molecule has 2 aromatic carbocycles. The molecule has 0 amide bonds. The van der Waals surface area contributed by atoms with Crippen LogP contribution in [0.4, 0.5) is 5.69 Å². The fourth-order valence-electron chi connectivity index (χ4n) is 2.77. The van der Waals surface area contributed by atoms with Crippen LogP contribution in [0.25, 0.3) is 22.0 Å². The van der Waals surface area contributed by atoms with Crippen molar-refractivity contribution in [2.45, 2.75) is 12.5 Å². The summed E-state index contributed by atoms with van der Waals surface area (Å²) in [6, 6.07) is 12.2. The van der Waals surface area contributed by atoms with Gasteiger partial charge in [0.25, 0.3) is 5.69 Å². The Hall–Kier alpha value is -3.12. The lowest BCUT2D eigenvalue weighted by Crippen LogP contribution is -2.24. The average molecular weight is 323 g/mol. The molecular formula is C18H17N3O3. The molecule has 3 rings (SSSR count). The summed E-state index contributed by atoms with van der Waals surface area (Å²) >= 11 is 0. The number of nitrogens with one attached hydrogen (secondary N) is 1. The number of nitro groups is 1. The predicted molar refractivity (Wildman–Crippen MR) is 93.8 cm³/mol. The van der Waals surface area contributed by atoms with Crippen LogP contribution < -0.4 is 5.73 Å². The molecule has 3 aromatic rings. The zero-order chi connectivity index (χ0) is 17.3. The molecule has 1 heterocycles. The van der Waals surface area contributed by atoms with Crippen molar-refractivity contribution in [1.82, 2.24) is 4.98 Å². The SMILES string of the molecule is C=C(O)C(N)Cc1c[nH]c2cc(-c3ccccc3)cc([N+](=O)[O-])c12. The van der Waals surface area contributed by atoms with E-state index in [9.17, 15) is 15.2 Å². The van der Waals surface area contributed by atoms with Crippen molar-refractivity contribution in [3.8, 4) is 11.1 Å². The Kier molecular flexibility index (Phi) is 4.05. The topological polar surface area (TPSA) is 105 Å². The Morgan fingerprint density at radius 1 is 1.29 bits per heavy atom. The molecule has 0 aliphatic heterocycles. The third kappa shape index (κ3) is 2.87. The molecule has 6 nitrogen and oxygen atoms in total. The molecule has 1 aromatic heterocycles. The van der Waals surface area contributed by atoms with E-state index in [-0.39, 0.29) is 17.9 Å². The van der Waals surface area contributed by atoms with Gasteiger partial charge in [-0.25, -0.2) is 0 Å². The van der Waals surface area contributed by atoms with E-state index in [1.165, 1.54) is 0 Å². The largest absolute Gasteiger partial charge is 0.511 e.